The van der Waals surface area contributed by atoms with Gasteiger partial charge in [-0.05, 0) is 24.6 Å². The molecule has 0 saturated heterocycles. The normalized spacial score (nSPS) is 13.6. The Labute approximate surface area is 164 Å². The number of amides is 1. The molecule has 7 nitrogen and oxygen atoms in total. The van der Waals surface area contributed by atoms with Gasteiger partial charge in [0.15, 0.2) is 0 Å². The zero-order chi connectivity index (χ0) is 19.0. The molecule has 0 aliphatic carbocycles. The Bertz CT molecular complexity index is 1020. The Hall–Kier alpha value is -2.61. The van der Waals surface area contributed by atoms with Crippen molar-refractivity contribution in [1.82, 2.24) is 19.4 Å². The number of aryl methyl sites for hydroxylation is 1. The number of aromatic amines is 1. The van der Waals surface area contributed by atoms with E-state index in [2.05, 4.69) is 30.5 Å². The molecule has 0 fully saturated rings. The summed E-state index contributed by atoms with van der Waals surface area (Å²) in [5, 5.41) is 0.990. The van der Waals surface area contributed by atoms with E-state index in [9.17, 15) is 9.59 Å². The molecule has 0 radical (unpaired) electrons. The minimum Gasteiger partial charge on any atom is -0.469 e. The zero-order valence-electron chi connectivity index (χ0n) is 14.9. The van der Waals surface area contributed by atoms with Gasteiger partial charge < -0.3 is 19.2 Å². The van der Waals surface area contributed by atoms with Gasteiger partial charge in [-0.2, -0.15) is 0 Å². The number of nitrogens with one attached hydrogen (secondary N) is 1. The molecule has 1 aromatic carbocycles. The molecule has 1 aliphatic heterocycles. The van der Waals surface area contributed by atoms with E-state index >= 15 is 0 Å². The largest absolute Gasteiger partial charge is 0.469 e. The number of hydrogen-bond acceptors (Lipinski definition) is 4. The molecular formula is C19H19BrN4O3. The monoisotopic (exact) mass is 430 g/mol. The second kappa shape index (κ2) is 7.19. The Morgan fingerprint density at radius 2 is 2.19 bits per heavy atom. The fourth-order valence-electron chi connectivity index (χ4n) is 3.43. The maximum atomic E-state index is 12.9. The van der Waals surface area contributed by atoms with Crippen LogP contribution in [0.4, 0.5) is 0 Å². The van der Waals surface area contributed by atoms with Gasteiger partial charge in [0.05, 0.1) is 20.1 Å². The highest BCUT2D eigenvalue weighted by molar-refractivity contribution is 9.10. The number of esters is 1. The summed E-state index contributed by atoms with van der Waals surface area (Å²) >= 11 is 3.52. The predicted octanol–water partition coefficient (Wildman–Crippen LogP) is 2.89. The number of aromatic nitrogens is 3. The van der Waals surface area contributed by atoms with E-state index in [1.807, 2.05) is 24.3 Å². The van der Waals surface area contributed by atoms with Crippen LogP contribution in [0.1, 0.15) is 28.4 Å². The van der Waals surface area contributed by atoms with Crippen LogP contribution in [0.3, 0.4) is 0 Å². The van der Waals surface area contributed by atoms with Gasteiger partial charge in [-0.15, -0.1) is 0 Å². The maximum absolute atomic E-state index is 12.9. The minimum absolute atomic E-state index is 0.0385. The van der Waals surface area contributed by atoms with Crippen molar-refractivity contribution in [2.24, 2.45) is 0 Å². The van der Waals surface area contributed by atoms with Gasteiger partial charge in [-0.25, -0.2) is 4.98 Å². The fourth-order valence-corrected chi connectivity index (χ4v) is 3.91. The number of carbonyl (C=O) groups excluding carboxylic acids is 2. The molecule has 1 amide bonds. The van der Waals surface area contributed by atoms with Crippen molar-refractivity contribution < 1.29 is 14.3 Å². The van der Waals surface area contributed by atoms with Crippen molar-refractivity contribution in [3.63, 3.8) is 0 Å². The van der Waals surface area contributed by atoms with Gasteiger partial charge in [-0.3, -0.25) is 9.59 Å². The summed E-state index contributed by atoms with van der Waals surface area (Å²) in [4.78, 5) is 33.7. The first-order valence-corrected chi connectivity index (χ1v) is 9.52. The fraction of sp³-hybridized carbons (Fsp3) is 0.316. The number of benzene rings is 1. The lowest BCUT2D eigenvalue weighted by Crippen LogP contribution is -2.39. The summed E-state index contributed by atoms with van der Waals surface area (Å²) in [6.07, 6.45) is 2.70. The lowest BCUT2D eigenvalue weighted by molar-refractivity contribution is -0.140. The van der Waals surface area contributed by atoms with Gasteiger partial charge in [0.2, 0.25) is 0 Å². The van der Waals surface area contributed by atoms with Crippen molar-refractivity contribution in [2.75, 3.05) is 13.7 Å². The maximum Gasteiger partial charge on any atom is 0.305 e. The topological polar surface area (TPSA) is 80.2 Å². The van der Waals surface area contributed by atoms with Crippen LogP contribution in [-0.2, 0) is 29.0 Å². The Balaban J connectivity index is 1.50. The summed E-state index contributed by atoms with van der Waals surface area (Å²) in [5.74, 6) is 0.568. The number of rotatable bonds is 4. The molecule has 4 rings (SSSR count). The third-order valence-corrected chi connectivity index (χ3v) is 5.58. The first-order valence-electron chi connectivity index (χ1n) is 8.73. The quantitative estimate of drug-likeness (QED) is 0.645. The van der Waals surface area contributed by atoms with Gasteiger partial charge in [0.1, 0.15) is 11.5 Å². The number of methoxy groups -OCH3 is 1. The number of halogens is 1. The molecule has 3 aromatic rings. The van der Waals surface area contributed by atoms with Crippen molar-refractivity contribution in [2.45, 2.75) is 25.9 Å². The number of carbonyl (C=O) groups is 2. The minimum atomic E-state index is -0.233. The highest BCUT2D eigenvalue weighted by Crippen LogP contribution is 2.26. The summed E-state index contributed by atoms with van der Waals surface area (Å²) in [6, 6.07) is 7.72. The number of H-pyrrole nitrogens is 1. The van der Waals surface area contributed by atoms with Crippen LogP contribution in [0, 0.1) is 0 Å². The Morgan fingerprint density at radius 3 is 2.96 bits per heavy atom. The Kier molecular flexibility index (Phi) is 4.73. The van der Waals surface area contributed by atoms with Gasteiger partial charge >= 0.3 is 5.97 Å². The SMILES string of the molecule is COC(=O)CCc1cnc2n1CCN(C(=O)c1cc3c(Br)cccc3[nH]1)C2. The highest BCUT2D eigenvalue weighted by atomic mass is 79.9. The molecule has 140 valence electrons. The smallest absolute Gasteiger partial charge is 0.305 e. The molecule has 0 bridgehead atoms. The molecular weight excluding hydrogens is 412 g/mol. The third-order valence-electron chi connectivity index (χ3n) is 4.89. The van der Waals surface area contributed by atoms with E-state index in [1.165, 1.54) is 7.11 Å². The highest BCUT2D eigenvalue weighted by Gasteiger charge is 2.25. The van der Waals surface area contributed by atoms with Crippen molar-refractivity contribution >= 4 is 38.7 Å². The summed E-state index contributed by atoms with van der Waals surface area (Å²) in [6.45, 7) is 1.72. The van der Waals surface area contributed by atoms with Gasteiger partial charge in [0, 0.05) is 40.4 Å². The average molecular weight is 431 g/mol. The van der Waals surface area contributed by atoms with Crippen LogP contribution in [0.25, 0.3) is 10.9 Å². The summed E-state index contributed by atoms with van der Waals surface area (Å²) in [5.41, 5.74) is 2.50. The van der Waals surface area contributed by atoms with Crippen molar-refractivity contribution in [1.29, 1.82) is 0 Å². The lowest BCUT2D eigenvalue weighted by atomic mass is 10.2. The van der Waals surface area contributed by atoms with Crippen LogP contribution < -0.4 is 0 Å². The molecule has 3 heterocycles. The number of fused-ring (bicyclic) bond motifs is 2. The van der Waals surface area contributed by atoms with Crippen LogP contribution in [0.2, 0.25) is 0 Å². The predicted molar refractivity (Wildman–Crippen MR) is 103 cm³/mol. The molecule has 1 N–H and O–H groups in total. The first-order chi connectivity index (χ1) is 13.1. The van der Waals surface area contributed by atoms with E-state index in [0.717, 1.165) is 26.9 Å². The molecule has 0 atom stereocenters. The van der Waals surface area contributed by atoms with E-state index in [0.29, 0.717) is 38.2 Å². The zero-order valence-corrected chi connectivity index (χ0v) is 16.5. The van der Waals surface area contributed by atoms with Gasteiger partial charge in [0.25, 0.3) is 5.91 Å². The molecule has 1 aliphatic rings. The second-order valence-corrected chi connectivity index (χ2v) is 7.36. The molecule has 8 heteroatoms. The molecule has 0 unspecified atom stereocenters. The van der Waals surface area contributed by atoms with Crippen molar-refractivity contribution in [3.8, 4) is 0 Å². The van der Waals surface area contributed by atoms with Crippen LogP contribution in [0.15, 0.2) is 34.9 Å². The van der Waals surface area contributed by atoms with Crippen LogP contribution in [-0.4, -0.2) is 45.0 Å². The summed E-state index contributed by atoms with van der Waals surface area (Å²) in [7, 11) is 1.39. The number of ether oxygens (including phenoxy) is 1. The number of imidazole rings is 1. The average Bonchev–Trinajstić information content (AvgIpc) is 3.30. The first kappa shape index (κ1) is 17.8. The van der Waals surface area contributed by atoms with Gasteiger partial charge in [-0.1, -0.05) is 22.0 Å². The molecule has 0 saturated carbocycles. The van der Waals surface area contributed by atoms with Crippen molar-refractivity contribution in [3.05, 3.63) is 52.1 Å². The standard InChI is InChI=1S/C19H19BrN4O3/c1-27-18(25)6-5-12-10-21-17-11-23(7-8-24(12)17)19(26)16-9-13-14(20)3-2-4-15(13)22-16/h2-4,9-10,22H,5-8,11H2,1H3. The molecule has 27 heavy (non-hydrogen) atoms. The van der Waals surface area contributed by atoms with E-state index in [1.54, 1.807) is 11.1 Å². The third kappa shape index (κ3) is 3.37. The number of nitrogens with zero attached hydrogens (tertiary/aromatic N) is 3. The second-order valence-electron chi connectivity index (χ2n) is 6.50. The molecule has 2 aromatic heterocycles. The van der Waals surface area contributed by atoms with Crippen LogP contribution in [0.5, 0.6) is 0 Å². The lowest BCUT2D eigenvalue weighted by Gasteiger charge is -2.28. The van der Waals surface area contributed by atoms with E-state index in [-0.39, 0.29) is 11.9 Å². The van der Waals surface area contributed by atoms with E-state index in [4.69, 9.17) is 4.74 Å². The number of hydrogen-bond donors (Lipinski definition) is 1. The van der Waals surface area contributed by atoms with Crippen LogP contribution >= 0.6 is 15.9 Å². The van der Waals surface area contributed by atoms with E-state index < -0.39 is 0 Å². The molecule has 0 spiro atoms. The Morgan fingerprint density at radius 1 is 1.33 bits per heavy atom. The summed E-state index contributed by atoms with van der Waals surface area (Å²) < 4.78 is 7.74.